The number of rotatable bonds is 5. The Labute approximate surface area is 161 Å². The van der Waals surface area contributed by atoms with Crippen LogP contribution in [0.3, 0.4) is 0 Å². The third-order valence-corrected chi connectivity index (χ3v) is 4.98. The SMILES string of the molecule is C[C@H](CC(=O)N1CCN(C)C[C@H]1c1ccccc1)NC(=O)c1ccccc1. The summed E-state index contributed by atoms with van der Waals surface area (Å²) in [6.07, 6.45) is 0.297. The predicted molar refractivity (Wildman–Crippen MR) is 106 cm³/mol. The molecule has 3 rings (SSSR count). The summed E-state index contributed by atoms with van der Waals surface area (Å²) >= 11 is 0. The summed E-state index contributed by atoms with van der Waals surface area (Å²) in [4.78, 5) is 29.5. The lowest BCUT2D eigenvalue weighted by Crippen LogP contribution is -2.50. The van der Waals surface area contributed by atoms with Crippen LogP contribution >= 0.6 is 0 Å². The molecule has 0 saturated carbocycles. The summed E-state index contributed by atoms with van der Waals surface area (Å²) in [5.41, 5.74) is 1.76. The topological polar surface area (TPSA) is 52.7 Å². The van der Waals surface area contributed by atoms with Crippen molar-refractivity contribution >= 4 is 11.8 Å². The average molecular weight is 365 g/mol. The minimum Gasteiger partial charge on any atom is -0.349 e. The van der Waals surface area contributed by atoms with Crippen molar-refractivity contribution < 1.29 is 9.59 Å². The van der Waals surface area contributed by atoms with E-state index in [0.29, 0.717) is 18.5 Å². The van der Waals surface area contributed by atoms with Gasteiger partial charge in [0.2, 0.25) is 5.91 Å². The lowest BCUT2D eigenvalue weighted by atomic mass is 10.0. The summed E-state index contributed by atoms with van der Waals surface area (Å²) in [5.74, 6) is -0.0632. The zero-order valence-corrected chi connectivity index (χ0v) is 16.0. The van der Waals surface area contributed by atoms with Gasteiger partial charge in [0.1, 0.15) is 0 Å². The molecule has 27 heavy (non-hydrogen) atoms. The van der Waals surface area contributed by atoms with Gasteiger partial charge in [-0.15, -0.1) is 0 Å². The van der Waals surface area contributed by atoms with Gasteiger partial charge < -0.3 is 15.1 Å². The highest BCUT2D eigenvalue weighted by molar-refractivity contribution is 5.94. The molecular formula is C22H27N3O2. The van der Waals surface area contributed by atoms with Gasteiger partial charge in [0.25, 0.3) is 5.91 Å². The Morgan fingerprint density at radius 3 is 2.33 bits per heavy atom. The van der Waals surface area contributed by atoms with Gasteiger partial charge in [-0.05, 0) is 31.7 Å². The van der Waals surface area contributed by atoms with E-state index in [9.17, 15) is 9.59 Å². The van der Waals surface area contributed by atoms with Gasteiger partial charge in [0.05, 0.1) is 6.04 Å². The van der Waals surface area contributed by atoms with Crippen LogP contribution in [0.2, 0.25) is 0 Å². The molecule has 0 unspecified atom stereocenters. The van der Waals surface area contributed by atoms with Crippen LogP contribution in [-0.4, -0.2) is 54.3 Å². The summed E-state index contributed by atoms with van der Waals surface area (Å²) < 4.78 is 0. The number of hydrogen-bond acceptors (Lipinski definition) is 3. The summed E-state index contributed by atoms with van der Waals surface area (Å²) in [5, 5.41) is 2.93. The molecule has 0 spiro atoms. The van der Waals surface area contributed by atoms with Crippen LogP contribution in [0.15, 0.2) is 60.7 Å². The normalized spacial score (nSPS) is 18.7. The van der Waals surface area contributed by atoms with E-state index in [4.69, 9.17) is 0 Å². The highest BCUT2D eigenvalue weighted by Gasteiger charge is 2.30. The molecule has 2 aromatic rings. The van der Waals surface area contributed by atoms with E-state index in [1.54, 1.807) is 12.1 Å². The predicted octanol–water partition coefficient (Wildman–Crippen LogP) is 2.71. The second kappa shape index (κ2) is 8.82. The van der Waals surface area contributed by atoms with Gasteiger partial charge in [-0.2, -0.15) is 0 Å². The number of piperazine rings is 1. The van der Waals surface area contributed by atoms with E-state index in [1.165, 1.54) is 0 Å². The quantitative estimate of drug-likeness (QED) is 0.886. The molecule has 0 radical (unpaired) electrons. The van der Waals surface area contributed by atoms with E-state index < -0.39 is 0 Å². The number of carbonyl (C=O) groups excluding carboxylic acids is 2. The molecule has 1 fully saturated rings. The Morgan fingerprint density at radius 2 is 1.67 bits per heavy atom. The van der Waals surface area contributed by atoms with Gasteiger partial charge in [0.15, 0.2) is 0 Å². The van der Waals surface area contributed by atoms with Gasteiger partial charge in [0, 0.05) is 37.7 Å². The van der Waals surface area contributed by atoms with Crippen LogP contribution < -0.4 is 5.32 Å². The lowest BCUT2D eigenvalue weighted by molar-refractivity contribution is -0.136. The van der Waals surface area contributed by atoms with Crippen molar-refractivity contribution in [2.24, 2.45) is 0 Å². The third kappa shape index (κ3) is 4.95. The molecule has 0 aliphatic carbocycles. The molecule has 1 aliphatic heterocycles. The number of nitrogens with zero attached hydrogens (tertiary/aromatic N) is 2. The maximum atomic E-state index is 13.0. The van der Waals surface area contributed by atoms with Crippen LogP contribution in [0.25, 0.3) is 0 Å². The fraction of sp³-hybridized carbons (Fsp3) is 0.364. The van der Waals surface area contributed by atoms with Crippen molar-refractivity contribution in [1.29, 1.82) is 0 Å². The first-order valence-electron chi connectivity index (χ1n) is 9.43. The van der Waals surface area contributed by atoms with Crippen molar-refractivity contribution in [2.75, 3.05) is 26.7 Å². The van der Waals surface area contributed by atoms with Crippen molar-refractivity contribution in [3.05, 3.63) is 71.8 Å². The number of benzene rings is 2. The van der Waals surface area contributed by atoms with E-state index in [2.05, 4.69) is 29.4 Å². The second-order valence-corrected chi connectivity index (χ2v) is 7.22. The zero-order chi connectivity index (χ0) is 19.2. The highest BCUT2D eigenvalue weighted by atomic mass is 16.2. The molecule has 0 bridgehead atoms. The number of nitrogens with one attached hydrogen (secondary N) is 1. The number of hydrogen-bond donors (Lipinski definition) is 1. The molecule has 2 amide bonds. The summed E-state index contributed by atoms with van der Waals surface area (Å²) in [7, 11) is 2.08. The van der Waals surface area contributed by atoms with E-state index >= 15 is 0 Å². The maximum absolute atomic E-state index is 13.0. The molecule has 5 nitrogen and oxygen atoms in total. The van der Waals surface area contributed by atoms with Gasteiger partial charge in [-0.25, -0.2) is 0 Å². The first kappa shape index (κ1) is 19.1. The maximum Gasteiger partial charge on any atom is 0.251 e. The fourth-order valence-electron chi connectivity index (χ4n) is 3.51. The first-order chi connectivity index (χ1) is 13.0. The Balaban J connectivity index is 1.64. The molecule has 1 heterocycles. The smallest absolute Gasteiger partial charge is 0.251 e. The molecular weight excluding hydrogens is 338 g/mol. The van der Waals surface area contributed by atoms with Crippen molar-refractivity contribution in [3.8, 4) is 0 Å². The van der Waals surface area contributed by atoms with Gasteiger partial charge in [-0.3, -0.25) is 9.59 Å². The first-order valence-corrected chi connectivity index (χ1v) is 9.43. The molecule has 2 aromatic carbocycles. The van der Waals surface area contributed by atoms with Crippen LogP contribution in [0.1, 0.15) is 35.3 Å². The lowest BCUT2D eigenvalue weighted by Gasteiger charge is -2.40. The highest BCUT2D eigenvalue weighted by Crippen LogP contribution is 2.25. The third-order valence-electron chi connectivity index (χ3n) is 4.98. The molecule has 142 valence electrons. The Morgan fingerprint density at radius 1 is 1.04 bits per heavy atom. The summed E-state index contributed by atoms with van der Waals surface area (Å²) in [6.45, 7) is 4.26. The van der Waals surface area contributed by atoms with Crippen LogP contribution in [0.4, 0.5) is 0 Å². The molecule has 5 heteroatoms. The standard InChI is InChI=1S/C22H27N3O2/c1-17(23-22(27)19-11-7-4-8-12-19)15-21(26)25-14-13-24(2)16-20(25)18-9-5-3-6-10-18/h3-12,17,20H,13-16H2,1-2H3,(H,23,27)/t17-,20+/m1/s1. The van der Waals surface area contributed by atoms with E-state index in [0.717, 1.165) is 18.7 Å². The van der Waals surface area contributed by atoms with E-state index in [-0.39, 0.29) is 23.9 Å². The van der Waals surface area contributed by atoms with Crippen LogP contribution in [0.5, 0.6) is 0 Å². The van der Waals surface area contributed by atoms with Crippen molar-refractivity contribution in [3.63, 3.8) is 0 Å². The van der Waals surface area contributed by atoms with Crippen LogP contribution in [0, 0.1) is 0 Å². The Hall–Kier alpha value is -2.66. The molecule has 1 saturated heterocycles. The monoisotopic (exact) mass is 365 g/mol. The van der Waals surface area contributed by atoms with Crippen molar-refractivity contribution in [1.82, 2.24) is 15.1 Å². The zero-order valence-electron chi connectivity index (χ0n) is 16.0. The number of amides is 2. The van der Waals surface area contributed by atoms with Crippen LogP contribution in [-0.2, 0) is 4.79 Å². The second-order valence-electron chi connectivity index (χ2n) is 7.22. The molecule has 2 atom stereocenters. The van der Waals surface area contributed by atoms with Crippen molar-refractivity contribution in [2.45, 2.75) is 25.4 Å². The number of likely N-dealkylation sites (N-methyl/N-ethyl adjacent to an activating group) is 1. The Bertz CT molecular complexity index is 764. The average Bonchev–Trinajstić information content (AvgIpc) is 2.69. The minimum atomic E-state index is -0.221. The fourth-order valence-corrected chi connectivity index (χ4v) is 3.51. The Kier molecular flexibility index (Phi) is 6.24. The minimum absolute atomic E-state index is 0.0504. The molecule has 0 aromatic heterocycles. The molecule has 1 N–H and O–H groups in total. The van der Waals surface area contributed by atoms with Gasteiger partial charge in [-0.1, -0.05) is 48.5 Å². The summed E-state index contributed by atoms with van der Waals surface area (Å²) in [6, 6.07) is 19.1. The number of carbonyl (C=O) groups is 2. The van der Waals surface area contributed by atoms with E-state index in [1.807, 2.05) is 48.2 Å². The van der Waals surface area contributed by atoms with Gasteiger partial charge >= 0.3 is 0 Å². The largest absolute Gasteiger partial charge is 0.349 e. The molecule has 1 aliphatic rings.